The van der Waals surface area contributed by atoms with Crippen molar-refractivity contribution in [1.82, 2.24) is 25.3 Å². The largest absolute Gasteiger partial charge is 0.354 e. The zero-order valence-corrected chi connectivity index (χ0v) is 16.0. The molecule has 5 nitrogen and oxygen atoms in total. The summed E-state index contributed by atoms with van der Waals surface area (Å²) in [5, 5.41) is 12.2. The van der Waals surface area contributed by atoms with Crippen LogP contribution in [-0.4, -0.2) is 25.0 Å². The quantitative estimate of drug-likeness (QED) is 0.441. The van der Waals surface area contributed by atoms with Gasteiger partial charge in [0.15, 0.2) is 0 Å². The van der Waals surface area contributed by atoms with Gasteiger partial charge in [-0.2, -0.15) is 0 Å². The van der Waals surface area contributed by atoms with Crippen LogP contribution in [0, 0.1) is 0 Å². The maximum Gasteiger partial charge on any atom is 0.123 e. The molecular weight excluding hydrogens is 342 g/mol. The highest BCUT2D eigenvalue weighted by Crippen LogP contribution is 2.20. The average molecular weight is 368 g/mol. The second-order valence-electron chi connectivity index (χ2n) is 6.45. The summed E-state index contributed by atoms with van der Waals surface area (Å²) >= 11 is 5.61. The molecule has 1 atom stereocenters. The Labute approximate surface area is 159 Å². The number of hydrogen-bond acceptors (Lipinski definition) is 4. The van der Waals surface area contributed by atoms with Gasteiger partial charge in [-0.05, 0) is 37.1 Å². The molecule has 3 aromatic rings. The highest BCUT2D eigenvalue weighted by molar-refractivity contribution is 7.80. The second-order valence-corrected chi connectivity index (χ2v) is 6.86. The Bertz CT molecular complexity index is 830. The predicted molar refractivity (Wildman–Crippen MR) is 109 cm³/mol. The fraction of sp³-hybridized carbons (Fsp3) is 0.400. The van der Waals surface area contributed by atoms with E-state index in [1.807, 2.05) is 35.0 Å². The van der Waals surface area contributed by atoms with Crippen LogP contribution in [0.25, 0.3) is 11.0 Å². The SMILES string of the molecule is CCCCCCCC(NC(=S)c1ccncc1)n1nnc2ccccc21. The third-order valence-electron chi connectivity index (χ3n) is 4.49. The van der Waals surface area contributed by atoms with Crippen molar-refractivity contribution in [2.24, 2.45) is 0 Å². The highest BCUT2D eigenvalue weighted by atomic mass is 32.1. The number of thiocarbonyl (C=S) groups is 1. The Kier molecular flexibility index (Phi) is 6.66. The lowest BCUT2D eigenvalue weighted by Crippen LogP contribution is -2.32. The van der Waals surface area contributed by atoms with E-state index in [0.717, 1.165) is 29.4 Å². The van der Waals surface area contributed by atoms with E-state index in [4.69, 9.17) is 12.2 Å². The molecule has 1 unspecified atom stereocenters. The third-order valence-corrected chi connectivity index (χ3v) is 4.85. The zero-order valence-electron chi connectivity index (χ0n) is 15.1. The molecular formula is C20H25N5S. The van der Waals surface area contributed by atoms with E-state index in [9.17, 15) is 0 Å². The van der Waals surface area contributed by atoms with E-state index in [0.29, 0.717) is 4.99 Å². The van der Waals surface area contributed by atoms with Crippen molar-refractivity contribution >= 4 is 28.2 Å². The standard InChI is InChI=1S/C20H25N5S/c1-2-3-4-5-6-11-19(22-20(26)16-12-14-21-15-13-16)25-18-10-8-7-9-17(18)23-24-25/h7-10,12-15,19H,2-6,11H2,1H3,(H,22,26). The predicted octanol–water partition coefficient (Wildman–Crippen LogP) is 4.65. The van der Waals surface area contributed by atoms with Crippen LogP contribution in [0.3, 0.4) is 0 Å². The van der Waals surface area contributed by atoms with Gasteiger partial charge in [-0.25, -0.2) is 4.68 Å². The van der Waals surface area contributed by atoms with Gasteiger partial charge in [-0.15, -0.1) is 5.10 Å². The van der Waals surface area contributed by atoms with Gasteiger partial charge in [0, 0.05) is 18.0 Å². The van der Waals surface area contributed by atoms with E-state index in [1.54, 1.807) is 12.4 Å². The molecule has 1 N–H and O–H groups in total. The zero-order chi connectivity index (χ0) is 18.2. The molecule has 0 saturated carbocycles. The van der Waals surface area contributed by atoms with Crippen molar-refractivity contribution in [3.05, 3.63) is 54.4 Å². The molecule has 0 aliphatic rings. The first-order chi connectivity index (χ1) is 12.8. The summed E-state index contributed by atoms with van der Waals surface area (Å²) in [6, 6.07) is 11.9. The minimum Gasteiger partial charge on any atom is -0.354 e. The van der Waals surface area contributed by atoms with Gasteiger partial charge in [0.1, 0.15) is 16.7 Å². The number of unbranched alkanes of at least 4 members (excludes halogenated alkanes) is 4. The summed E-state index contributed by atoms with van der Waals surface area (Å²) < 4.78 is 1.96. The Hall–Kier alpha value is -2.34. The summed E-state index contributed by atoms with van der Waals surface area (Å²) in [4.78, 5) is 4.77. The number of rotatable bonds is 9. The smallest absolute Gasteiger partial charge is 0.123 e. The van der Waals surface area contributed by atoms with Crippen molar-refractivity contribution in [3.63, 3.8) is 0 Å². The minimum atomic E-state index is -0.00954. The van der Waals surface area contributed by atoms with Crippen LogP contribution < -0.4 is 5.32 Å². The van der Waals surface area contributed by atoms with Gasteiger partial charge in [0.05, 0.1) is 5.52 Å². The van der Waals surface area contributed by atoms with E-state index < -0.39 is 0 Å². The van der Waals surface area contributed by atoms with Crippen LogP contribution in [0.2, 0.25) is 0 Å². The summed E-state index contributed by atoms with van der Waals surface area (Å²) in [5.41, 5.74) is 2.90. The van der Waals surface area contributed by atoms with Gasteiger partial charge < -0.3 is 5.32 Å². The molecule has 0 fully saturated rings. The van der Waals surface area contributed by atoms with E-state index in [1.165, 1.54) is 25.7 Å². The molecule has 0 saturated heterocycles. The fourth-order valence-corrected chi connectivity index (χ4v) is 3.32. The summed E-state index contributed by atoms with van der Waals surface area (Å²) in [5.74, 6) is 0. The molecule has 0 amide bonds. The van der Waals surface area contributed by atoms with Crippen molar-refractivity contribution in [2.45, 2.75) is 51.6 Å². The van der Waals surface area contributed by atoms with Crippen molar-refractivity contribution in [2.75, 3.05) is 0 Å². The number of fused-ring (bicyclic) bond motifs is 1. The molecule has 2 heterocycles. The summed E-state index contributed by atoms with van der Waals surface area (Å²) in [6.45, 7) is 2.24. The Morgan fingerprint density at radius 3 is 2.65 bits per heavy atom. The van der Waals surface area contributed by atoms with E-state index in [-0.39, 0.29) is 6.17 Å². The molecule has 0 aliphatic heterocycles. The fourth-order valence-electron chi connectivity index (χ4n) is 3.05. The van der Waals surface area contributed by atoms with Crippen LogP contribution in [0.1, 0.15) is 57.2 Å². The lowest BCUT2D eigenvalue weighted by Gasteiger charge is -2.21. The molecule has 0 aliphatic carbocycles. The van der Waals surface area contributed by atoms with E-state index in [2.05, 4.69) is 33.6 Å². The van der Waals surface area contributed by atoms with Gasteiger partial charge in [0.2, 0.25) is 0 Å². The molecule has 26 heavy (non-hydrogen) atoms. The maximum atomic E-state index is 5.61. The van der Waals surface area contributed by atoms with Crippen LogP contribution in [-0.2, 0) is 0 Å². The minimum absolute atomic E-state index is 0.00954. The van der Waals surface area contributed by atoms with Crippen LogP contribution in [0.15, 0.2) is 48.8 Å². The van der Waals surface area contributed by atoms with Gasteiger partial charge in [-0.3, -0.25) is 4.98 Å². The first kappa shape index (κ1) is 18.5. The first-order valence-electron chi connectivity index (χ1n) is 9.30. The van der Waals surface area contributed by atoms with Crippen LogP contribution in [0.4, 0.5) is 0 Å². The molecule has 3 rings (SSSR count). The van der Waals surface area contributed by atoms with Gasteiger partial charge >= 0.3 is 0 Å². The number of nitrogens with one attached hydrogen (secondary N) is 1. The number of aromatic nitrogens is 4. The molecule has 1 aromatic carbocycles. The summed E-state index contributed by atoms with van der Waals surface area (Å²) in [6.07, 6.45) is 10.6. The molecule has 0 bridgehead atoms. The monoisotopic (exact) mass is 367 g/mol. The molecule has 136 valence electrons. The van der Waals surface area contributed by atoms with Crippen LogP contribution >= 0.6 is 12.2 Å². The second kappa shape index (κ2) is 9.38. The number of benzene rings is 1. The van der Waals surface area contributed by atoms with Gasteiger partial charge in [-0.1, -0.05) is 62.2 Å². The Morgan fingerprint density at radius 1 is 1.08 bits per heavy atom. The molecule has 0 radical (unpaired) electrons. The van der Waals surface area contributed by atoms with Crippen LogP contribution in [0.5, 0.6) is 0 Å². The van der Waals surface area contributed by atoms with Crippen molar-refractivity contribution in [3.8, 4) is 0 Å². The third kappa shape index (κ3) is 4.64. The van der Waals surface area contributed by atoms with Crippen molar-refractivity contribution < 1.29 is 0 Å². The topological polar surface area (TPSA) is 55.6 Å². The lowest BCUT2D eigenvalue weighted by atomic mass is 10.1. The Balaban J connectivity index is 1.76. The maximum absolute atomic E-state index is 5.61. The Morgan fingerprint density at radius 2 is 1.85 bits per heavy atom. The molecule has 0 spiro atoms. The van der Waals surface area contributed by atoms with E-state index >= 15 is 0 Å². The lowest BCUT2D eigenvalue weighted by molar-refractivity contribution is 0.385. The number of para-hydroxylation sites is 1. The number of hydrogen-bond donors (Lipinski definition) is 1. The van der Waals surface area contributed by atoms with Gasteiger partial charge in [0.25, 0.3) is 0 Å². The normalized spacial score (nSPS) is 12.2. The van der Waals surface area contributed by atoms with Crippen molar-refractivity contribution in [1.29, 1.82) is 0 Å². The first-order valence-corrected chi connectivity index (χ1v) is 9.71. The molecule has 6 heteroatoms. The summed E-state index contributed by atoms with van der Waals surface area (Å²) in [7, 11) is 0. The molecule has 2 aromatic heterocycles. The number of nitrogens with zero attached hydrogens (tertiary/aromatic N) is 4. The average Bonchev–Trinajstić information content (AvgIpc) is 3.11. The highest BCUT2D eigenvalue weighted by Gasteiger charge is 2.17. The number of pyridine rings is 1.